The molecule has 0 saturated heterocycles. The fraction of sp³-hybridized carbons (Fsp3) is 0.586. The SMILES string of the molecule is CCOc1ccc(C2CCC(CCC3CCC(c4ccc(OC)c(F)c4F)CC3)C(F)(F)C2)c(F)c1F. The molecule has 8 heteroatoms. The largest absolute Gasteiger partial charge is 0.494 e. The molecule has 37 heavy (non-hydrogen) atoms. The fourth-order valence-corrected chi connectivity index (χ4v) is 6.18. The minimum absolute atomic E-state index is 0.0143. The molecule has 0 N–H and O–H groups in total. The van der Waals surface area contributed by atoms with Crippen molar-refractivity contribution >= 4 is 0 Å². The van der Waals surface area contributed by atoms with Gasteiger partial charge in [0.2, 0.25) is 11.6 Å². The summed E-state index contributed by atoms with van der Waals surface area (Å²) < 4.78 is 97.5. The van der Waals surface area contributed by atoms with Crippen molar-refractivity contribution in [3.63, 3.8) is 0 Å². The molecule has 2 unspecified atom stereocenters. The molecular weight excluding hydrogens is 494 g/mol. The van der Waals surface area contributed by atoms with Gasteiger partial charge in [-0.05, 0) is 99.3 Å². The molecule has 2 fully saturated rings. The Labute approximate surface area is 214 Å². The third-order valence-corrected chi connectivity index (χ3v) is 8.30. The number of benzene rings is 2. The number of hydrogen-bond acceptors (Lipinski definition) is 2. The average Bonchev–Trinajstić information content (AvgIpc) is 2.88. The zero-order valence-electron chi connectivity index (χ0n) is 21.3. The molecule has 0 radical (unpaired) electrons. The minimum atomic E-state index is -2.97. The molecule has 4 rings (SSSR count). The van der Waals surface area contributed by atoms with Gasteiger partial charge in [-0.25, -0.2) is 17.6 Å². The zero-order chi connectivity index (χ0) is 26.7. The monoisotopic (exact) mass is 528 g/mol. The van der Waals surface area contributed by atoms with Gasteiger partial charge in [0.25, 0.3) is 5.92 Å². The molecule has 2 nitrogen and oxygen atoms in total. The van der Waals surface area contributed by atoms with E-state index >= 15 is 8.78 Å². The molecule has 0 heterocycles. The minimum Gasteiger partial charge on any atom is -0.494 e. The van der Waals surface area contributed by atoms with E-state index in [9.17, 15) is 17.6 Å². The van der Waals surface area contributed by atoms with E-state index < -0.39 is 47.4 Å². The summed E-state index contributed by atoms with van der Waals surface area (Å²) in [6, 6.07) is 5.68. The predicted octanol–water partition coefficient (Wildman–Crippen LogP) is 8.92. The molecule has 2 aliphatic rings. The van der Waals surface area contributed by atoms with Gasteiger partial charge in [-0.3, -0.25) is 0 Å². The second kappa shape index (κ2) is 11.6. The summed E-state index contributed by atoms with van der Waals surface area (Å²) in [5.74, 6) is -8.77. The lowest BCUT2D eigenvalue weighted by Gasteiger charge is -2.37. The van der Waals surface area contributed by atoms with Crippen LogP contribution in [-0.4, -0.2) is 19.6 Å². The summed E-state index contributed by atoms with van der Waals surface area (Å²) in [5, 5.41) is 0. The van der Waals surface area contributed by atoms with Crippen molar-refractivity contribution in [1.82, 2.24) is 0 Å². The van der Waals surface area contributed by atoms with Crippen LogP contribution in [0.2, 0.25) is 0 Å². The van der Waals surface area contributed by atoms with E-state index in [1.165, 1.54) is 25.3 Å². The third-order valence-electron chi connectivity index (χ3n) is 8.30. The Hall–Kier alpha value is -2.38. The Morgan fingerprint density at radius 3 is 1.89 bits per heavy atom. The lowest BCUT2D eigenvalue weighted by molar-refractivity contribution is -0.0964. The van der Waals surface area contributed by atoms with Crippen LogP contribution in [0.4, 0.5) is 26.3 Å². The van der Waals surface area contributed by atoms with Crippen molar-refractivity contribution in [3.8, 4) is 11.5 Å². The van der Waals surface area contributed by atoms with Gasteiger partial charge in [-0.15, -0.1) is 0 Å². The lowest BCUT2D eigenvalue weighted by Crippen LogP contribution is -2.35. The van der Waals surface area contributed by atoms with Crippen LogP contribution in [0.25, 0.3) is 0 Å². The predicted molar refractivity (Wildman–Crippen MR) is 129 cm³/mol. The van der Waals surface area contributed by atoms with Crippen molar-refractivity contribution in [2.75, 3.05) is 13.7 Å². The quantitative estimate of drug-likeness (QED) is 0.319. The van der Waals surface area contributed by atoms with Gasteiger partial charge in [-0.1, -0.05) is 12.1 Å². The molecule has 0 aromatic heterocycles. The Morgan fingerprint density at radius 2 is 1.30 bits per heavy atom. The van der Waals surface area contributed by atoms with Gasteiger partial charge < -0.3 is 9.47 Å². The highest BCUT2D eigenvalue weighted by atomic mass is 19.3. The number of methoxy groups -OCH3 is 1. The zero-order valence-corrected chi connectivity index (χ0v) is 21.3. The normalized spacial score (nSPS) is 25.6. The summed E-state index contributed by atoms with van der Waals surface area (Å²) in [4.78, 5) is 0. The van der Waals surface area contributed by atoms with Crippen LogP contribution in [0.15, 0.2) is 24.3 Å². The van der Waals surface area contributed by atoms with Gasteiger partial charge in [0.15, 0.2) is 23.1 Å². The first-order valence-corrected chi connectivity index (χ1v) is 13.2. The van der Waals surface area contributed by atoms with Crippen LogP contribution in [0.3, 0.4) is 0 Å². The van der Waals surface area contributed by atoms with E-state index in [0.29, 0.717) is 37.7 Å². The standard InChI is InChI=1S/C29H34F6O2/c1-3-37-24-15-13-22(26(31)28(24)33)19-9-11-20(29(34,35)16-19)10-6-17-4-7-18(8-5-17)21-12-14-23(36-2)27(32)25(21)30/h12-15,17-20H,3-11,16H2,1-2H3. The van der Waals surface area contributed by atoms with Crippen LogP contribution >= 0.6 is 0 Å². The van der Waals surface area contributed by atoms with Crippen LogP contribution in [0.1, 0.15) is 87.7 Å². The van der Waals surface area contributed by atoms with Crippen molar-refractivity contribution < 1.29 is 35.8 Å². The van der Waals surface area contributed by atoms with Crippen LogP contribution < -0.4 is 9.47 Å². The van der Waals surface area contributed by atoms with Gasteiger partial charge in [0.1, 0.15) is 0 Å². The topological polar surface area (TPSA) is 18.5 Å². The van der Waals surface area contributed by atoms with E-state index in [1.807, 2.05) is 0 Å². The molecule has 0 spiro atoms. The average molecular weight is 529 g/mol. The first kappa shape index (κ1) is 27.6. The van der Waals surface area contributed by atoms with E-state index in [-0.39, 0.29) is 41.9 Å². The van der Waals surface area contributed by atoms with E-state index in [2.05, 4.69) is 0 Å². The van der Waals surface area contributed by atoms with Gasteiger partial charge in [0, 0.05) is 12.3 Å². The van der Waals surface area contributed by atoms with E-state index in [4.69, 9.17) is 9.47 Å². The molecule has 2 aliphatic carbocycles. The highest BCUT2D eigenvalue weighted by Gasteiger charge is 2.46. The number of alkyl halides is 2. The third kappa shape index (κ3) is 5.88. The molecule has 0 amide bonds. The lowest BCUT2D eigenvalue weighted by atomic mass is 9.72. The van der Waals surface area contributed by atoms with E-state index in [1.54, 1.807) is 13.0 Å². The number of rotatable bonds is 8. The Morgan fingerprint density at radius 1 is 0.730 bits per heavy atom. The molecule has 204 valence electrons. The van der Waals surface area contributed by atoms with Crippen LogP contribution in [0.5, 0.6) is 11.5 Å². The summed E-state index contributed by atoms with van der Waals surface area (Å²) >= 11 is 0. The van der Waals surface area contributed by atoms with Crippen molar-refractivity contribution in [1.29, 1.82) is 0 Å². The second-order valence-electron chi connectivity index (χ2n) is 10.4. The smallest absolute Gasteiger partial charge is 0.251 e. The van der Waals surface area contributed by atoms with Gasteiger partial charge >= 0.3 is 0 Å². The van der Waals surface area contributed by atoms with Crippen LogP contribution in [-0.2, 0) is 0 Å². The van der Waals surface area contributed by atoms with Crippen molar-refractivity contribution in [3.05, 3.63) is 58.7 Å². The number of hydrogen-bond donors (Lipinski definition) is 0. The molecule has 2 saturated carbocycles. The first-order chi connectivity index (χ1) is 17.7. The summed E-state index contributed by atoms with van der Waals surface area (Å²) in [7, 11) is 1.29. The Kier molecular flexibility index (Phi) is 8.64. The number of halogens is 6. The van der Waals surface area contributed by atoms with E-state index in [0.717, 1.165) is 12.8 Å². The second-order valence-corrected chi connectivity index (χ2v) is 10.4. The highest BCUT2D eigenvalue weighted by Crippen LogP contribution is 2.49. The summed E-state index contributed by atoms with van der Waals surface area (Å²) in [5.41, 5.74) is 0.333. The highest BCUT2D eigenvalue weighted by molar-refractivity contribution is 5.34. The summed E-state index contributed by atoms with van der Waals surface area (Å²) in [6.07, 6.45) is 4.03. The van der Waals surface area contributed by atoms with Crippen molar-refractivity contribution in [2.45, 2.75) is 82.5 Å². The van der Waals surface area contributed by atoms with Gasteiger partial charge in [0.05, 0.1) is 13.7 Å². The first-order valence-electron chi connectivity index (χ1n) is 13.2. The fourth-order valence-electron chi connectivity index (χ4n) is 6.18. The molecule has 2 aromatic carbocycles. The maximum atomic E-state index is 15.1. The van der Waals surface area contributed by atoms with Crippen LogP contribution in [0, 0.1) is 35.1 Å². The number of ether oxygens (including phenoxy) is 2. The van der Waals surface area contributed by atoms with Crippen molar-refractivity contribution in [2.24, 2.45) is 11.8 Å². The molecule has 0 bridgehead atoms. The summed E-state index contributed by atoms with van der Waals surface area (Å²) in [6.45, 7) is 1.83. The Balaban J connectivity index is 1.30. The molecule has 2 atom stereocenters. The molecular formula is C29H34F6O2. The van der Waals surface area contributed by atoms with Gasteiger partial charge in [-0.2, -0.15) is 8.78 Å². The maximum absolute atomic E-state index is 15.1. The maximum Gasteiger partial charge on any atom is 0.251 e. The molecule has 2 aromatic rings. The molecule has 0 aliphatic heterocycles. The Bertz CT molecular complexity index is 1080.